The smallest absolute Gasteiger partial charge is 0.336 e. The first kappa shape index (κ1) is 17.2. The molecule has 136 valence electrons. The van der Waals surface area contributed by atoms with E-state index in [9.17, 15) is 9.59 Å². The highest BCUT2D eigenvalue weighted by atomic mass is 32.2. The predicted molar refractivity (Wildman–Crippen MR) is 99.2 cm³/mol. The number of allylic oxidation sites excluding steroid dienone is 1. The second kappa shape index (κ2) is 6.81. The van der Waals surface area contributed by atoms with E-state index in [2.05, 4.69) is 0 Å². The van der Waals surface area contributed by atoms with Crippen LogP contribution in [0.3, 0.4) is 0 Å². The molecular formula is C19H19NO5S. The van der Waals surface area contributed by atoms with E-state index >= 15 is 0 Å². The molecule has 0 saturated carbocycles. The molecule has 3 heterocycles. The fourth-order valence-corrected chi connectivity index (χ4v) is 4.64. The van der Waals surface area contributed by atoms with E-state index in [1.165, 1.54) is 6.07 Å². The molecule has 26 heavy (non-hydrogen) atoms. The molecule has 4 rings (SSSR count). The van der Waals surface area contributed by atoms with Crippen LogP contribution < -0.4 is 10.4 Å². The van der Waals surface area contributed by atoms with Crippen molar-refractivity contribution in [2.75, 3.05) is 19.0 Å². The lowest BCUT2D eigenvalue weighted by Crippen LogP contribution is -2.64. The molecule has 2 atom stereocenters. The maximum atomic E-state index is 12.3. The summed E-state index contributed by atoms with van der Waals surface area (Å²) < 4.78 is 16.6. The number of benzene rings is 1. The fraction of sp³-hybridized carbons (Fsp3) is 0.368. The first-order valence-corrected chi connectivity index (χ1v) is 9.55. The summed E-state index contributed by atoms with van der Waals surface area (Å²) in [6.45, 7) is 4.78. The van der Waals surface area contributed by atoms with Crippen molar-refractivity contribution in [3.8, 4) is 5.75 Å². The molecular weight excluding hydrogens is 354 g/mol. The number of carbonyl (C=O) groups is 1. The molecule has 0 aliphatic carbocycles. The molecule has 0 radical (unpaired) electrons. The summed E-state index contributed by atoms with van der Waals surface area (Å²) in [4.78, 5) is 25.4. The van der Waals surface area contributed by atoms with Gasteiger partial charge in [-0.2, -0.15) is 0 Å². The molecule has 0 bridgehead atoms. The van der Waals surface area contributed by atoms with Gasteiger partial charge in [0.1, 0.15) is 23.3 Å². The number of hydrogen-bond acceptors (Lipinski definition) is 6. The fourth-order valence-electron chi connectivity index (χ4n) is 3.20. The third-order valence-electron chi connectivity index (χ3n) is 4.65. The van der Waals surface area contributed by atoms with E-state index in [4.69, 9.17) is 13.9 Å². The van der Waals surface area contributed by atoms with Crippen molar-refractivity contribution >= 4 is 28.6 Å². The molecule has 6 nitrogen and oxygen atoms in total. The minimum atomic E-state index is -0.386. The molecule has 1 fully saturated rings. The van der Waals surface area contributed by atoms with Gasteiger partial charge in [-0.25, -0.2) is 4.79 Å². The van der Waals surface area contributed by atoms with Crippen molar-refractivity contribution in [1.29, 1.82) is 0 Å². The molecule has 7 heteroatoms. The van der Waals surface area contributed by atoms with Gasteiger partial charge in [-0.05, 0) is 37.6 Å². The largest absolute Gasteiger partial charge is 0.489 e. The highest BCUT2D eigenvalue weighted by Gasteiger charge is 2.51. The van der Waals surface area contributed by atoms with E-state index in [1.54, 1.807) is 28.8 Å². The Morgan fingerprint density at radius 2 is 2.08 bits per heavy atom. The van der Waals surface area contributed by atoms with Crippen LogP contribution in [0.15, 0.2) is 50.8 Å². The monoisotopic (exact) mass is 373 g/mol. The number of fused-ring (bicyclic) bond motifs is 2. The van der Waals surface area contributed by atoms with Crippen LogP contribution in [0.5, 0.6) is 5.75 Å². The van der Waals surface area contributed by atoms with Crippen LogP contribution in [0, 0.1) is 0 Å². The highest BCUT2D eigenvalue weighted by Crippen LogP contribution is 2.41. The van der Waals surface area contributed by atoms with Crippen molar-refractivity contribution < 1.29 is 18.7 Å². The molecule has 2 aromatic rings. The number of β-lactam (4-membered cyclic amide) rings is 1. The molecule has 0 spiro atoms. The first-order chi connectivity index (χ1) is 12.6. The Balaban J connectivity index is 1.48. The normalized spacial score (nSPS) is 22.4. The second-order valence-corrected chi connectivity index (χ2v) is 7.32. The maximum absolute atomic E-state index is 12.3. The molecule has 0 unspecified atom stereocenters. The van der Waals surface area contributed by atoms with Crippen LogP contribution in [0.1, 0.15) is 13.8 Å². The summed E-state index contributed by atoms with van der Waals surface area (Å²) in [6, 6.07) is 8.53. The quantitative estimate of drug-likeness (QED) is 0.593. The first-order valence-electron chi connectivity index (χ1n) is 8.50. The van der Waals surface area contributed by atoms with Gasteiger partial charge in [0, 0.05) is 35.6 Å². The lowest BCUT2D eigenvalue weighted by Gasteiger charge is -2.49. The Labute approximate surface area is 154 Å². The number of thioether (sulfide) groups is 1. The zero-order valence-electron chi connectivity index (χ0n) is 14.6. The van der Waals surface area contributed by atoms with Crippen LogP contribution in [0.2, 0.25) is 0 Å². The van der Waals surface area contributed by atoms with E-state index in [0.29, 0.717) is 24.5 Å². The highest BCUT2D eigenvalue weighted by molar-refractivity contribution is 8.00. The Hall–Kier alpha value is -2.25. The standard InChI is InChI=1S/C19H19NO5S/c1-3-23-17-18(22)20-11(2)13(10-26-19(17)20)9-24-14-6-4-12-5-7-16(21)25-15(12)8-14/h4-8,17,19H,3,9-10H2,1-2H3/t17-,19+/m0/s1. The number of hydrogen-bond donors (Lipinski definition) is 0. The Morgan fingerprint density at radius 3 is 2.88 bits per heavy atom. The molecule has 2 aliphatic heterocycles. The third-order valence-corrected chi connectivity index (χ3v) is 5.96. The molecule has 2 aliphatic rings. The molecule has 1 aromatic carbocycles. The molecule has 1 saturated heterocycles. The number of ether oxygens (including phenoxy) is 2. The molecule has 1 aromatic heterocycles. The summed E-state index contributed by atoms with van der Waals surface area (Å²) >= 11 is 1.70. The average Bonchev–Trinajstić information content (AvgIpc) is 2.64. The van der Waals surface area contributed by atoms with E-state index in [1.807, 2.05) is 26.0 Å². The lowest BCUT2D eigenvalue weighted by molar-refractivity contribution is -0.161. The van der Waals surface area contributed by atoms with Crippen LogP contribution in [-0.4, -0.2) is 41.3 Å². The predicted octanol–water partition coefficient (Wildman–Crippen LogP) is 2.77. The Morgan fingerprint density at radius 1 is 1.27 bits per heavy atom. The Kier molecular flexibility index (Phi) is 4.50. The minimum Gasteiger partial charge on any atom is -0.489 e. The van der Waals surface area contributed by atoms with Crippen LogP contribution in [-0.2, 0) is 9.53 Å². The number of amides is 1. The van der Waals surface area contributed by atoms with E-state index in [-0.39, 0.29) is 23.0 Å². The van der Waals surface area contributed by atoms with Gasteiger partial charge >= 0.3 is 5.63 Å². The summed E-state index contributed by atoms with van der Waals surface area (Å²) in [6.07, 6.45) is -0.328. The van der Waals surface area contributed by atoms with Gasteiger partial charge in [0.05, 0.1) is 0 Å². The molecule has 0 N–H and O–H groups in total. The Bertz CT molecular complexity index is 950. The van der Waals surface area contributed by atoms with Crippen LogP contribution in [0.4, 0.5) is 0 Å². The van der Waals surface area contributed by atoms with E-state index in [0.717, 1.165) is 22.4 Å². The lowest BCUT2D eigenvalue weighted by atomic mass is 10.1. The van der Waals surface area contributed by atoms with Crippen molar-refractivity contribution in [2.24, 2.45) is 0 Å². The number of rotatable bonds is 5. The topological polar surface area (TPSA) is 69.0 Å². The minimum absolute atomic E-state index is 0.0199. The summed E-state index contributed by atoms with van der Waals surface area (Å²) in [5.41, 5.74) is 2.13. The van der Waals surface area contributed by atoms with E-state index < -0.39 is 0 Å². The van der Waals surface area contributed by atoms with Crippen molar-refractivity contribution in [1.82, 2.24) is 4.90 Å². The zero-order chi connectivity index (χ0) is 18.3. The third kappa shape index (κ3) is 2.91. The maximum Gasteiger partial charge on any atom is 0.336 e. The number of carbonyl (C=O) groups excluding carboxylic acids is 1. The summed E-state index contributed by atoms with van der Waals surface area (Å²) in [5.74, 6) is 1.44. The van der Waals surface area contributed by atoms with Crippen molar-refractivity contribution in [3.05, 3.63) is 52.0 Å². The average molecular weight is 373 g/mol. The number of nitrogens with zero attached hydrogens (tertiary/aromatic N) is 1. The summed E-state index contributed by atoms with van der Waals surface area (Å²) in [7, 11) is 0. The van der Waals surface area contributed by atoms with Gasteiger partial charge in [0.25, 0.3) is 5.91 Å². The SMILES string of the molecule is CCO[C@H]1C(=O)N2C(C)=C(COc3ccc4ccc(=O)oc4c3)CS[C@H]12. The molecule has 1 amide bonds. The summed E-state index contributed by atoms with van der Waals surface area (Å²) in [5, 5.41) is 0.915. The van der Waals surface area contributed by atoms with Crippen LogP contribution in [0.25, 0.3) is 11.0 Å². The van der Waals surface area contributed by atoms with Crippen LogP contribution >= 0.6 is 11.8 Å². The van der Waals surface area contributed by atoms with Gasteiger partial charge in [0.2, 0.25) is 0 Å². The van der Waals surface area contributed by atoms with Gasteiger partial charge in [-0.1, -0.05) is 0 Å². The van der Waals surface area contributed by atoms with Crippen molar-refractivity contribution in [2.45, 2.75) is 25.3 Å². The van der Waals surface area contributed by atoms with Gasteiger partial charge in [0.15, 0.2) is 6.10 Å². The van der Waals surface area contributed by atoms with Crippen molar-refractivity contribution in [3.63, 3.8) is 0 Å². The zero-order valence-corrected chi connectivity index (χ0v) is 15.4. The van der Waals surface area contributed by atoms with Gasteiger partial charge in [-0.3, -0.25) is 9.69 Å². The van der Waals surface area contributed by atoms with Gasteiger partial charge < -0.3 is 13.9 Å². The van der Waals surface area contributed by atoms with Gasteiger partial charge in [-0.15, -0.1) is 11.8 Å². The second-order valence-electron chi connectivity index (χ2n) is 6.22.